The summed E-state index contributed by atoms with van der Waals surface area (Å²) in [5, 5.41) is 0. The Bertz CT molecular complexity index is 500. The van der Waals surface area contributed by atoms with Crippen LogP contribution in [0.25, 0.3) is 0 Å². The van der Waals surface area contributed by atoms with Gasteiger partial charge in [-0.3, -0.25) is 4.79 Å². The van der Waals surface area contributed by atoms with E-state index in [1.165, 1.54) is 0 Å². The van der Waals surface area contributed by atoms with Crippen LogP contribution in [0, 0.1) is 5.92 Å². The fraction of sp³-hybridized carbons (Fsp3) is 0.462. The van der Waals surface area contributed by atoms with Crippen LogP contribution >= 0.6 is 0 Å². The molecular formula is C13H16N2O. The van der Waals surface area contributed by atoms with Gasteiger partial charge in [0.1, 0.15) is 0 Å². The molecule has 0 bridgehead atoms. The summed E-state index contributed by atoms with van der Waals surface area (Å²) in [6.45, 7) is 5.51. The molecule has 1 aliphatic heterocycles. The highest BCUT2D eigenvalue weighted by Crippen LogP contribution is 2.49. The zero-order valence-corrected chi connectivity index (χ0v) is 9.87. The molecule has 84 valence electrons. The van der Waals surface area contributed by atoms with Crippen LogP contribution in [0.3, 0.4) is 0 Å². The van der Waals surface area contributed by atoms with Gasteiger partial charge < -0.3 is 9.88 Å². The van der Waals surface area contributed by atoms with E-state index in [-0.39, 0.29) is 11.2 Å². The normalized spacial score (nSPS) is 32.4. The van der Waals surface area contributed by atoms with Crippen LogP contribution in [-0.4, -0.2) is 29.3 Å². The first-order valence-corrected chi connectivity index (χ1v) is 5.70. The number of carbonyl (C=O) groups is 1. The number of aromatic amines is 1. The monoisotopic (exact) mass is 216 g/mol. The maximum Gasteiger partial charge on any atom is 0.204 e. The Hall–Kier alpha value is -1.51. The maximum absolute atomic E-state index is 11.9. The Morgan fingerprint density at radius 2 is 2.31 bits per heavy atom. The molecule has 3 nitrogen and oxygen atoms in total. The Balaban J connectivity index is 2.28. The molecule has 0 spiro atoms. The molecule has 2 atom stereocenters. The molecule has 1 aliphatic carbocycles. The lowest BCUT2D eigenvalue weighted by Crippen LogP contribution is -2.33. The average Bonchev–Trinajstić information content (AvgIpc) is 2.78. The van der Waals surface area contributed by atoms with Crippen molar-refractivity contribution in [3.8, 4) is 0 Å². The molecule has 1 saturated heterocycles. The minimum Gasteiger partial charge on any atom is -0.377 e. The molecule has 2 aliphatic rings. The number of nitrogens with one attached hydrogen (secondary N) is 1. The number of hydrogen-bond acceptors (Lipinski definition) is 2. The maximum atomic E-state index is 11.9. The number of likely N-dealkylation sites (tertiary alicyclic amines) is 1. The Morgan fingerprint density at radius 3 is 3.06 bits per heavy atom. The van der Waals surface area contributed by atoms with Gasteiger partial charge in [-0.1, -0.05) is 6.92 Å². The summed E-state index contributed by atoms with van der Waals surface area (Å²) in [5.74, 6) is 0.639. The van der Waals surface area contributed by atoms with Gasteiger partial charge >= 0.3 is 0 Å². The van der Waals surface area contributed by atoms with E-state index in [0.29, 0.717) is 5.92 Å². The third-order valence-electron chi connectivity index (χ3n) is 4.30. The molecule has 1 N–H and O–H groups in total. The predicted molar refractivity (Wildman–Crippen MR) is 62.4 cm³/mol. The van der Waals surface area contributed by atoms with Crippen molar-refractivity contribution >= 4 is 5.78 Å². The van der Waals surface area contributed by atoms with E-state index in [1.54, 1.807) is 6.08 Å². The Labute approximate surface area is 95.1 Å². The predicted octanol–water partition coefficient (Wildman–Crippen LogP) is 1.93. The number of nitrogens with zero attached hydrogens (tertiary/aromatic N) is 1. The quantitative estimate of drug-likeness (QED) is 0.719. The first-order valence-electron chi connectivity index (χ1n) is 5.70. The van der Waals surface area contributed by atoms with Gasteiger partial charge in [-0.25, -0.2) is 0 Å². The Morgan fingerprint density at radius 1 is 1.56 bits per heavy atom. The van der Waals surface area contributed by atoms with Crippen LogP contribution < -0.4 is 0 Å². The SMILES string of the molecule is C[C@@H]1CN(C)C2=CC(=O)c3[nH]ccc3[C@]21C. The molecule has 1 fully saturated rings. The van der Waals surface area contributed by atoms with E-state index in [9.17, 15) is 4.79 Å². The summed E-state index contributed by atoms with van der Waals surface area (Å²) in [6.07, 6.45) is 3.66. The van der Waals surface area contributed by atoms with Crippen LogP contribution in [0.4, 0.5) is 0 Å². The lowest BCUT2D eigenvalue weighted by Gasteiger charge is -2.33. The number of H-pyrrole nitrogens is 1. The fourth-order valence-corrected chi connectivity index (χ4v) is 3.21. The molecule has 0 amide bonds. The van der Waals surface area contributed by atoms with E-state index in [4.69, 9.17) is 0 Å². The number of aromatic nitrogens is 1. The third-order valence-corrected chi connectivity index (χ3v) is 4.30. The smallest absolute Gasteiger partial charge is 0.204 e. The summed E-state index contributed by atoms with van der Waals surface area (Å²) in [7, 11) is 2.07. The van der Waals surface area contributed by atoms with Gasteiger partial charge in [-0.15, -0.1) is 0 Å². The molecule has 0 saturated carbocycles. The number of rotatable bonds is 0. The molecule has 0 radical (unpaired) electrons. The molecule has 1 aromatic rings. The topological polar surface area (TPSA) is 36.1 Å². The number of fused-ring (bicyclic) bond motifs is 3. The van der Waals surface area contributed by atoms with Gasteiger partial charge in [0.05, 0.1) is 5.69 Å². The summed E-state index contributed by atoms with van der Waals surface area (Å²) in [6, 6.07) is 2.05. The third kappa shape index (κ3) is 0.913. The van der Waals surface area contributed by atoms with Crippen LogP contribution in [-0.2, 0) is 5.41 Å². The van der Waals surface area contributed by atoms with E-state index in [0.717, 1.165) is 23.5 Å². The molecule has 1 aromatic heterocycles. The van der Waals surface area contributed by atoms with E-state index in [1.807, 2.05) is 6.20 Å². The second kappa shape index (κ2) is 2.78. The number of allylic oxidation sites excluding steroid dienone is 2. The Kier molecular flexibility index (Phi) is 1.69. The van der Waals surface area contributed by atoms with Crippen LogP contribution in [0.2, 0.25) is 0 Å². The zero-order chi connectivity index (χ0) is 11.5. The number of likely N-dealkylation sites (N-methyl/N-ethyl adjacent to an activating group) is 1. The van der Waals surface area contributed by atoms with Crippen molar-refractivity contribution in [1.82, 2.24) is 9.88 Å². The second-order valence-electron chi connectivity index (χ2n) is 5.14. The van der Waals surface area contributed by atoms with Crippen LogP contribution in [0.5, 0.6) is 0 Å². The summed E-state index contributed by atoms with van der Waals surface area (Å²) < 4.78 is 0. The fourth-order valence-electron chi connectivity index (χ4n) is 3.21. The average molecular weight is 216 g/mol. The van der Waals surface area contributed by atoms with Gasteiger partial charge in [-0.05, 0) is 24.5 Å². The van der Waals surface area contributed by atoms with Crippen molar-refractivity contribution in [2.45, 2.75) is 19.3 Å². The second-order valence-corrected chi connectivity index (χ2v) is 5.14. The minimum absolute atomic E-state index is 0.00199. The minimum atomic E-state index is -0.00199. The first kappa shape index (κ1) is 9.70. The van der Waals surface area contributed by atoms with Gasteiger partial charge in [0.25, 0.3) is 0 Å². The van der Waals surface area contributed by atoms with Crippen molar-refractivity contribution in [3.63, 3.8) is 0 Å². The highest BCUT2D eigenvalue weighted by Gasteiger charge is 2.49. The molecule has 0 unspecified atom stereocenters. The van der Waals surface area contributed by atoms with Crippen molar-refractivity contribution in [3.05, 3.63) is 35.3 Å². The van der Waals surface area contributed by atoms with E-state index in [2.05, 4.69) is 36.8 Å². The molecule has 16 heavy (non-hydrogen) atoms. The summed E-state index contributed by atoms with van der Waals surface area (Å²) in [4.78, 5) is 17.2. The van der Waals surface area contributed by atoms with Crippen molar-refractivity contribution < 1.29 is 4.79 Å². The summed E-state index contributed by atoms with van der Waals surface area (Å²) >= 11 is 0. The zero-order valence-electron chi connectivity index (χ0n) is 9.87. The van der Waals surface area contributed by atoms with E-state index >= 15 is 0 Å². The van der Waals surface area contributed by atoms with E-state index < -0.39 is 0 Å². The molecule has 3 heteroatoms. The molecule has 3 rings (SSSR count). The van der Waals surface area contributed by atoms with Gasteiger partial charge in [0.2, 0.25) is 5.78 Å². The van der Waals surface area contributed by atoms with Crippen molar-refractivity contribution in [1.29, 1.82) is 0 Å². The standard InChI is InChI=1S/C13H16N2O/c1-8-7-15(3)11-6-10(16)12-9(4-5-14-12)13(8,11)2/h4-6,8,14H,7H2,1-3H3/t8-,13-/m1/s1. The summed E-state index contributed by atoms with van der Waals surface area (Å²) in [5.41, 5.74) is 3.09. The van der Waals surface area contributed by atoms with Crippen molar-refractivity contribution in [2.75, 3.05) is 13.6 Å². The molecule has 0 aromatic carbocycles. The van der Waals surface area contributed by atoms with Crippen LogP contribution in [0.1, 0.15) is 29.9 Å². The number of ketones is 1. The lowest BCUT2D eigenvalue weighted by atomic mass is 9.70. The molecule has 2 heterocycles. The highest BCUT2D eigenvalue weighted by molar-refractivity contribution is 6.06. The number of hydrogen-bond donors (Lipinski definition) is 1. The van der Waals surface area contributed by atoms with Crippen molar-refractivity contribution in [2.24, 2.45) is 5.92 Å². The molecular weight excluding hydrogens is 200 g/mol. The van der Waals surface area contributed by atoms with Crippen LogP contribution in [0.15, 0.2) is 24.0 Å². The lowest BCUT2D eigenvalue weighted by molar-refractivity contribution is 0.103. The first-order chi connectivity index (χ1) is 7.55. The largest absolute Gasteiger partial charge is 0.377 e. The van der Waals surface area contributed by atoms with Gasteiger partial charge in [0, 0.05) is 37.0 Å². The number of carbonyl (C=O) groups excluding carboxylic acids is 1. The highest BCUT2D eigenvalue weighted by atomic mass is 16.1. The van der Waals surface area contributed by atoms with Gasteiger partial charge in [0.15, 0.2) is 0 Å². The van der Waals surface area contributed by atoms with Gasteiger partial charge in [-0.2, -0.15) is 0 Å².